The molecule has 1 unspecified atom stereocenters. The zero-order valence-electron chi connectivity index (χ0n) is 12.9. The number of unbranched alkanes of at least 4 members (excludes halogenated alkanes) is 3. The van der Waals surface area contributed by atoms with Gasteiger partial charge in [0.05, 0.1) is 5.69 Å². The zero-order chi connectivity index (χ0) is 16.6. The maximum Gasteiger partial charge on any atom is 0.364 e. The molecule has 0 fully saturated rings. The van der Waals surface area contributed by atoms with Crippen LogP contribution in [0.1, 0.15) is 57.6 Å². The average Bonchev–Trinajstić information content (AvgIpc) is 2.90. The van der Waals surface area contributed by atoms with Crippen LogP contribution in [-0.4, -0.2) is 27.8 Å². The Balaban J connectivity index is 2.33. The molecule has 1 aromatic heterocycles. The summed E-state index contributed by atoms with van der Waals surface area (Å²) in [5.74, 6) is -0.325. The van der Waals surface area contributed by atoms with Gasteiger partial charge in [-0.3, -0.25) is 9.35 Å². The Morgan fingerprint density at radius 1 is 1.32 bits per heavy atom. The third-order valence-corrected chi connectivity index (χ3v) is 4.41. The van der Waals surface area contributed by atoms with Crippen LogP contribution in [0.2, 0.25) is 0 Å². The molecule has 7 nitrogen and oxygen atoms in total. The summed E-state index contributed by atoms with van der Waals surface area (Å²) in [6.45, 7) is 2.12. The van der Waals surface area contributed by atoms with E-state index in [1.165, 1.54) is 6.20 Å². The molecule has 1 amide bonds. The van der Waals surface area contributed by atoms with E-state index in [-0.39, 0.29) is 11.8 Å². The lowest BCUT2D eigenvalue weighted by molar-refractivity contribution is -0.122. The third kappa shape index (κ3) is 6.57. The largest absolute Gasteiger partial charge is 0.369 e. The van der Waals surface area contributed by atoms with Gasteiger partial charge in [-0.05, 0) is 25.7 Å². The predicted octanol–water partition coefficient (Wildman–Crippen LogP) is 1.93. The minimum atomic E-state index is -4.26. The van der Waals surface area contributed by atoms with Crippen molar-refractivity contribution in [1.82, 2.24) is 8.96 Å². The van der Waals surface area contributed by atoms with Crippen LogP contribution < -0.4 is 5.73 Å². The minimum absolute atomic E-state index is 0.0815. The van der Waals surface area contributed by atoms with Crippen LogP contribution >= 0.6 is 0 Å². The van der Waals surface area contributed by atoms with Crippen molar-refractivity contribution in [1.29, 1.82) is 0 Å². The van der Waals surface area contributed by atoms with Gasteiger partial charge in [-0.1, -0.05) is 32.6 Å². The summed E-state index contributed by atoms with van der Waals surface area (Å²) < 4.78 is 31.3. The van der Waals surface area contributed by atoms with E-state index >= 15 is 0 Å². The van der Waals surface area contributed by atoms with Gasteiger partial charge in [0.25, 0.3) is 0 Å². The van der Waals surface area contributed by atoms with Crippen LogP contribution in [-0.2, 0) is 21.5 Å². The maximum atomic E-state index is 11.4. The summed E-state index contributed by atoms with van der Waals surface area (Å²) in [5.41, 5.74) is 6.01. The van der Waals surface area contributed by atoms with E-state index in [0.717, 1.165) is 51.3 Å². The Bertz CT molecular complexity index is 568. The number of carbonyl (C=O) groups excluding carboxylic acids is 1. The van der Waals surface area contributed by atoms with E-state index in [9.17, 15) is 13.2 Å². The maximum absolute atomic E-state index is 11.4. The number of nitrogens with two attached hydrogens (primary N) is 1. The highest BCUT2D eigenvalue weighted by Crippen LogP contribution is 2.17. The van der Waals surface area contributed by atoms with Gasteiger partial charge in [0.1, 0.15) is 6.33 Å². The van der Waals surface area contributed by atoms with E-state index in [1.807, 2.05) is 0 Å². The summed E-state index contributed by atoms with van der Waals surface area (Å²) in [6, 6.07) is 0. The van der Waals surface area contributed by atoms with E-state index in [1.54, 1.807) is 0 Å². The average molecular weight is 331 g/mol. The third-order valence-electron chi connectivity index (χ3n) is 3.67. The van der Waals surface area contributed by atoms with Crippen LogP contribution in [0.15, 0.2) is 12.5 Å². The first-order valence-electron chi connectivity index (χ1n) is 7.64. The van der Waals surface area contributed by atoms with E-state index in [2.05, 4.69) is 11.9 Å². The van der Waals surface area contributed by atoms with Gasteiger partial charge in [0.2, 0.25) is 5.91 Å². The van der Waals surface area contributed by atoms with Crippen molar-refractivity contribution in [2.75, 3.05) is 0 Å². The monoisotopic (exact) mass is 331 g/mol. The standard InChI is InChI=1S/C14H25N3O4S/c1-2-3-4-7-12(14(15)18)8-5-6-9-13-10-17(11-16-13)22(19,20)21/h10-12H,2-9H2,1H3,(H2,15,18)(H,19,20,21). The summed E-state index contributed by atoms with van der Waals surface area (Å²) in [4.78, 5) is 15.3. The fraction of sp³-hybridized carbons (Fsp3) is 0.714. The quantitative estimate of drug-likeness (QED) is 0.475. The molecule has 0 saturated heterocycles. The molecule has 1 heterocycles. The van der Waals surface area contributed by atoms with E-state index in [4.69, 9.17) is 10.3 Å². The van der Waals surface area contributed by atoms with Gasteiger partial charge in [0, 0.05) is 12.1 Å². The topological polar surface area (TPSA) is 115 Å². The summed E-state index contributed by atoms with van der Waals surface area (Å²) in [5, 5.41) is 0. The summed E-state index contributed by atoms with van der Waals surface area (Å²) in [6.07, 6.45) is 9.41. The molecule has 0 bridgehead atoms. The van der Waals surface area contributed by atoms with Crippen LogP contribution in [0, 0.1) is 5.92 Å². The van der Waals surface area contributed by atoms with Crippen molar-refractivity contribution in [2.24, 2.45) is 11.7 Å². The Hall–Kier alpha value is -1.41. The number of nitrogens with zero attached hydrogens (tertiary/aromatic N) is 2. The van der Waals surface area contributed by atoms with Crippen molar-refractivity contribution < 1.29 is 17.8 Å². The van der Waals surface area contributed by atoms with Gasteiger partial charge in [-0.15, -0.1) is 0 Å². The van der Waals surface area contributed by atoms with Crippen molar-refractivity contribution >= 4 is 16.2 Å². The number of rotatable bonds is 11. The van der Waals surface area contributed by atoms with Gasteiger partial charge in [-0.25, -0.2) is 8.96 Å². The molecule has 1 atom stereocenters. The van der Waals surface area contributed by atoms with Crippen molar-refractivity contribution in [3.05, 3.63) is 18.2 Å². The van der Waals surface area contributed by atoms with Gasteiger partial charge >= 0.3 is 10.3 Å². The number of hydrogen-bond donors (Lipinski definition) is 2. The highest BCUT2D eigenvalue weighted by atomic mass is 32.2. The zero-order valence-corrected chi connectivity index (χ0v) is 13.8. The van der Waals surface area contributed by atoms with Gasteiger partial charge in [0.15, 0.2) is 0 Å². The van der Waals surface area contributed by atoms with Crippen LogP contribution in [0.5, 0.6) is 0 Å². The molecule has 126 valence electrons. The number of carbonyl (C=O) groups is 1. The normalized spacial score (nSPS) is 13.2. The Labute approximate surface area is 131 Å². The van der Waals surface area contributed by atoms with Crippen LogP contribution in [0.4, 0.5) is 0 Å². The number of aryl methyl sites for hydroxylation is 1. The summed E-state index contributed by atoms with van der Waals surface area (Å²) in [7, 11) is -4.26. The van der Waals surface area contributed by atoms with Crippen molar-refractivity contribution in [3.63, 3.8) is 0 Å². The second-order valence-electron chi connectivity index (χ2n) is 5.51. The molecule has 1 aromatic rings. The number of aromatic nitrogens is 2. The number of primary amides is 1. The van der Waals surface area contributed by atoms with Gasteiger partial charge in [-0.2, -0.15) is 8.42 Å². The molecule has 0 aliphatic heterocycles. The molecule has 1 rings (SSSR count). The first kappa shape index (κ1) is 18.6. The Kier molecular flexibility index (Phi) is 7.53. The Morgan fingerprint density at radius 3 is 2.45 bits per heavy atom. The molecule has 8 heteroatoms. The fourth-order valence-corrected chi connectivity index (χ4v) is 2.79. The first-order valence-corrected chi connectivity index (χ1v) is 9.04. The lowest BCUT2D eigenvalue weighted by Crippen LogP contribution is -2.23. The van der Waals surface area contributed by atoms with Crippen LogP contribution in [0.25, 0.3) is 0 Å². The molecule has 0 radical (unpaired) electrons. The second kappa shape index (κ2) is 8.89. The predicted molar refractivity (Wildman–Crippen MR) is 83.6 cm³/mol. The lowest BCUT2D eigenvalue weighted by Gasteiger charge is -2.12. The minimum Gasteiger partial charge on any atom is -0.369 e. The van der Waals surface area contributed by atoms with Gasteiger partial charge < -0.3 is 5.73 Å². The molecule has 0 aliphatic rings. The molecule has 0 saturated carbocycles. The second-order valence-corrected chi connectivity index (χ2v) is 6.83. The number of amides is 1. The first-order chi connectivity index (χ1) is 10.3. The lowest BCUT2D eigenvalue weighted by atomic mass is 9.94. The highest BCUT2D eigenvalue weighted by molar-refractivity contribution is 7.84. The van der Waals surface area contributed by atoms with Crippen molar-refractivity contribution in [2.45, 2.75) is 58.3 Å². The summed E-state index contributed by atoms with van der Waals surface area (Å²) >= 11 is 0. The molecular formula is C14H25N3O4S. The molecule has 0 aliphatic carbocycles. The number of hydrogen-bond acceptors (Lipinski definition) is 4. The van der Waals surface area contributed by atoms with Crippen LogP contribution in [0.3, 0.4) is 0 Å². The highest BCUT2D eigenvalue weighted by Gasteiger charge is 2.14. The fourth-order valence-electron chi connectivity index (χ4n) is 2.37. The number of imidazole rings is 1. The molecule has 0 spiro atoms. The van der Waals surface area contributed by atoms with E-state index < -0.39 is 10.3 Å². The smallest absolute Gasteiger partial charge is 0.364 e. The molecule has 22 heavy (non-hydrogen) atoms. The molecular weight excluding hydrogens is 306 g/mol. The van der Waals surface area contributed by atoms with E-state index in [0.29, 0.717) is 16.1 Å². The SMILES string of the molecule is CCCCCC(CCCCc1cn(S(=O)(=O)O)cn1)C(N)=O. The molecule has 0 aromatic carbocycles. The van der Waals surface area contributed by atoms with Crippen molar-refractivity contribution in [3.8, 4) is 0 Å². The molecule has 3 N–H and O–H groups in total. The Morgan fingerprint density at radius 2 is 1.95 bits per heavy atom.